The van der Waals surface area contributed by atoms with Crippen LogP contribution in [0.1, 0.15) is 41.0 Å². The summed E-state index contributed by atoms with van der Waals surface area (Å²) < 4.78 is 5.47. The van der Waals surface area contributed by atoms with Crippen LogP contribution in [0.25, 0.3) is 0 Å². The topological polar surface area (TPSA) is 134 Å². The Bertz CT molecular complexity index is 889. The summed E-state index contributed by atoms with van der Waals surface area (Å²) in [6.07, 6.45) is 2.80. The van der Waals surface area contributed by atoms with Gasteiger partial charge < -0.3 is 20.7 Å². The van der Waals surface area contributed by atoms with Crippen LogP contribution in [-0.4, -0.2) is 70.9 Å². The van der Waals surface area contributed by atoms with Crippen molar-refractivity contribution in [3.8, 4) is 0 Å². The lowest BCUT2D eigenvalue weighted by Gasteiger charge is -2.29. The third-order valence-electron chi connectivity index (χ3n) is 5.15. The molecule has 0 aromatic rings. The Balaban J connectivity index is 2.61. The fraction of sp³-hybridized carbons (Fsp3) is 0.609. The number of ether oxygens (including phenoxy) is 1. The number of nitrogens with one attached hydrogen (secondary N) is 3. The van der Waals surface area contributed by atoms with E-state index in [9.17, 15) is 24.0 Å². The van der Waals surface area contributed by atoms with Crippen LogP contribution < -0.4 is 16.0 Å². The Morgan fingerprint density at radius 2 is 1.77 bits per heavy atom. The number of allylic oxidation sites excluding steroid dienone is 2. The van der Waals surface area contributed by atoms with E-state index in [1.54, 1.807) is 26.8 Å². The lowest BCUT2D eigenvalue weighted by molar-refractivity contribution is -0.136. The zero-order valence-electron chi connectivity index (χ0n) is 20.7. The normalized spacial score (nSPS) is 26.7. The highest BCUT2D eigenvalue weighted by atomic mass is 33.1. The van der Waals surface area contributed by atoms with E-state index in [1.165, 1.54) is 33.7 Å². The van der Waals surface area contributed by atoms with Crippen LogP contribution in [-0.2, 0) is 23.9 Å². The van der Waals surface area contributed by atoms with E-state index < -0.39 is 47.9 Å². The zero-order chi connectivity index (χ0) is 26.1. The summed E-state index contributed by atoms with van der Waals surface area (Å²) in [4.78, 5) is 66.6. The highest BCUT2D eigenvalue weighted by Crippen LogP contribution is 2.24. The largest absolute Gasteiger partial charge is 0.431 e. The van der Waals surface area contributed by atoms with Crippen molar-refractivity contribution >= 4 is 51.3 Å². The second kappa shape index (κ2) is 13.6. The highest BCUT2D eigenvalue weighted by molar-refractivity contribution is 8.76. The van der Waals surface area contributed by atoms with Crippen LogP contribution in [0.4, 0.5) is 4.79 Å². The molecule has 12 heteroatoms. The Hall–Kier alpha value is -2.47. The first-order valence-corrected chi connectivity index (χ1v) is 14.0. The van der Waals surface area contributed by atoms with Crippen LogP contribution in [0.2, 0.25) is 0 Å². The number of rotatable bonds is 3. The predicted octanol–water partition coefficient (Wildman–Crippen LogP) is 1.98. The Morgan fingerprint density at radius 1 is 1.06 bits per heavy atom. The van der Waals surface area contributed by atoms with Crippen molar-refractivity contribution < 1.29 is 28.7 Å². The number of carbonyl (C=O) groups is 5. The van der Waals surface area contributed by atoms with Crippen molar-refractivity contribution in [3.05, 3.63) is 23.9 Å². The molecule has 1 fully saturated rings. The molecule has 5 amide bonds. The van der Waals surface area contributed by atoms with Crippen molar-refractivity contribution in [2.45, 2.75) is 59.2 Å². The number of fused-ring (bicyclic) bond motifs is 6. The molecule has 3 atom stereocenters. The van der Waals surface area contributed by atoms with Gasteiger partial charge in [0.05, 0.1) is 0 Å². The van der Waals surface area contributed by atoms with E-state index in [0.717, 1.165) is 4.90 Å². The molecular weight excluding hydrogens is 492 g/mol. The van der Waals surface area contributed by atoms with Gasteiger partial charge in [-0.25, -0.2) is 9.69 Å². The molecule has 0 aromatic carbocycles. The van der Waals surface area contributed by atoms with Gasteiger partial charge in [0.25, 0.3) is 11.8 Å². The van der Waals surface area contributed by atoms with Gasteiger partial charge in [-0.1, -0.05) is 61.4 Å². The van der Waals surface area contributed by atoms with Crippen molar-refractivity contribution in [1.82, 2.24) is 20.9 Å². The Labute approximate surface area is 213 Å². The molecule has 2 aliphatic rings. The van der Waals surface area contributed by atoms with Gasteiger partial charge in [-0.2, -0.15) is 0 Å². The molecule has 3 unspecified atom stereocenters. The summed E-state index contributed by atoms with van der Waals surface area (Å²) in [5, 5.41) is 7.93. The van der Waals surface area contributed by atoms with Gasteiger partial charge in [-0.15, -0.1) is 0 Å². The number of carbonyl (C=O) groups excluding carboxylic acids is 5. The van der Waals surface area contributed by atoms with Crippen molar-refractivity contribution in [3.63, 3.8) is 0 Å². The molecule has 1 saturated heterocycles. The van der Waals surface area contributed by atoms with Crippen molar-refractivity contribution in [1.29, 1.82) is 0 Å². The van der Waals surface area contributed by atoms with Gasteiger partial charge >= 0.3 is 6.09 Å². The highest BCUT2D eigenvalue weighted by Gasteiger charge is 2.35. The van der Waals surface area contributed by atoms with E-state index in [2.05, 4.69) is 16.0 Å². The molecule has 3 N–H and O–H groups in total. The number of nitrogens with zero attached hydrogens (tertiary/aromatic N) is 1. The third-order valence-corrected chi connectivity index (χ3v) is 7.60. The summed E-state index contributed by atoms with van der Waals surface area (Å²) in [6.45, 7) is 8.74. The first-order chi connectivity index (χ1) is 16.5. The molecule has 0 radical (unpaired) electrons. The van der Waals surface area contributed by atoms with Gasteiger partial charge in [0.2, 0.25) is 11.8 Å². The van der Waals surface area contributed by atoms with E-state index in [-0.39, 0.29) is 29.8 Å². The summed E-state index contributed by atoms with van der Waals surface area (Å²) >= 11 is 0. The Kier molecular flexibility index (Phi) is 11.2. The monoisotopic (exact) mass is 526 g/mol. The summed E-state index contributed by atoms with van der Waals surface area (Å²) in [5.41, 5.74) is -0.120. The molecule has 0 saturated carbocycles. The summed E-state index contributed by atoms with van der Waals surface area (Å²) in [5.74, 6) is -2.08. The minimum Gasteiger partial charge on any atom is -0.431 e. The number of hydrogen-bond acceptors (Lipinski definition) is 8. The van der Waals surface area contributed by atoms with Crippen LogP contribution in [0.3, 0.4) is 0 Å². The third kappa shape index (κ3) is 8.31. The maximum absolute atomic E-state index is 13.2. The molecule has 10 nitrogen and oxygen atoms in total. The molecule has 194 valence electrons. The van der Waals surface area contributed by atoms with Crippen LogP contribution in [0, 0.1) is 11.8 Å². The average molecular weight is 527 g/mol. The second-order valence-electron chi connectivity index (χ2n) is 8.92. The van der Waals surface area contributed by atoms with Gasteiger partial charge in [0, 0.05) is 18.1 Å². The van der Waals surface area contributed by atoms with Crippen molar-refractivity contribution in [2.75, 3.05) is 18.1 Å². The maximum atomic E-state index is 13.2. The van der Waals surface area contributed by atoms with E-state index >= 15 is 0 Å². The van der Waals surface area contributed by atoms with Gasteiger partial charge in [-0.3, -0.25) is 19.2 Å². The molecule has 2 rings (SSSR count). The van der Waals surface area contributed by atoms with E-state index in [4.69, 9.17) is 4.74 Å². The number of imide groups is 1. The van der Waals surface area contributed by atoms with Gasteiger partial charge in [0.15, 0.2) is 6.10 Å². The van der Waals surface area contributed by atoms with E-state index in [1.807, 2.05) is 13.8 Å². The molecule has 35 heavy (non-hydrogen) atoms. The zero-order valence-corrected chi connectivity index (χ0v) is 22.3. The molecule has 0 aliphatic carbocycles. The number of amides is 5. The van der Waals surface area contributed by atoms with Crippen molar-refractivity contribution in [2.24, 2.45) is 11.8 Å². The predicted molar refractivity (Wildman–Crippen MR) is 136 cm³/mol. The number of hydrogen-bond donors (Lipinski definition) is 3. The molecule has 2 heterocycles. The quantitative estimate of drug-likeness (QED) is 0.289. The molecule has 2 bridgehead atoms. The minimum atomic E-state index is -1.35. The first-order valence-electron chi connectivity index (χ1n) is 11.6. The lowest BCUT2D eigenvalue weighted by atomic mass is 10.0. The minimum absolute atomic E-state index is 0.0181. The Morgan fingerprint density at radius 3 is 2.40 bits per heavy atom. The lowest BCUT2D eigenvalue weighted by Crippen LogP contribution is -2.58. The second-order valence-corrected chi connectivity index (χ2v) is 11.5. The van der Waals surface area contributed by atoms with Crippen LogP contribution in [0.5, 0.6) is 0 Å². The molecular formula is C23H34N4O6S2. The van der Waals surface area contributed by atoms with Gasteiger partial charge in [-0.05, 0) is 31.3 Å². The average Bonchev–Trinajstić information content (AvgIpc) is 2.79. The first kappa shape index (κ1) is 28.8. The van der Waals surface area contributed by atoms with E-state index in [0.29, 0.717) is 12.2 Å². The standard InChI is InChI=1S/C23H34N4O6S2/c1-6-15-22(31)27(11-13(2)3)23(32)33-17-9-7-8-10-34-35-12-16(19(28)24-15)25-21(30)18(14(4)5)26-20(17)29/h6-7,9,13-14,16-18H,8,10-12H2,1-5H3,(H,24,28)(H,25,30)(H,26,29). The van der Waals surface area contributed by atoms with Gasteiger partial charge in [0.1, 0.15) is 17.8 Å². The fourth-order valence-corrected chi connectivity index (χ4v) is 5.45. The molecule has 0 aromatic heterocycles. The smallest absolute Gasteiger partial charge is 0.417 e. The van der Waals surface area contributed by atoms with Crippen LogP contribution in [0.15, 0.2) is 23.9 Å². The molecule has 0 spiro atoms. The maximum Gasteiger partial charge on any atom is 0.417 e. The fourth-order valence-electron chi connectivity index (χ4n) is 3.30. The van der Waals surface area contributed by atoms with Crippen LogP contribution >= 0.6 is 21.6 Å². The SMILES string of the molecule is CC=C1NC(=O)C2CSSCCC=CC(OC(=O)N(CC(C)C)C1=O)C(=O)NC(C(C)C)C(=O)N2. The molecule has 2 aliphatic heterocycles. The summed E-state index contributed by atoms with van der Waals surface area (Å²) in [6, 6.07) is -1.94. The summed E-state index contributed by atoms with van der Waals surface area (Å²) in [7, 11) is 2.93.